The minimum atomic E-state index is -0.354. The monoisotopic (exact) mass is 250 g/mol. The quantitative estimate of drug-likeness (QED) is 0.787. The number of hydrogen-bond acceptors (Lipinski definition) is 3. The molecule has 0 atom stereocenters. The molecule has 1 aromatic carbocycles. The van der Waals surface area contributed by atoms with E-state index in [9.17, 15) is 4.79 Å². The highest BCUT2D eigenvalue weighted by atomic mass is 16.5. The largest absolute Gasteiger partial charge is 0.399 e. The molecule has 0 bridgehead atoms. The Morgan fingerprint density at radius 1 is 1.44 bits per heavy atom. The van der Waals surface area contributed by atoms with Crippen LogP contribution in [0.25, 0.3) is 0 Å². The lowest BCUT2D eigenvalue weighted by Crippen LogP contribution is -2.40. The SMILES string of the molecule is CCOC(C)(C)CNC(=O)c1ccc(N)c(C)c1. The van der Waals surface area contributed by atoms with E-state index in [1.54, 1.807) is 18.2 Å². The zero-order valence-corrected chi connectivity index (χ0v) is 11.5. The number of nitrogen functional groups attached to an aromatic ring is 1. The predicted molar refractivity (Wildman–Crippen MR) is 73.6 cm³/mol. The van der Waals surface area contributed by atoms with Crippen LogP contribution in [0.3, 0.4) is 0 Å². The number of hydrogen-bond donors (Lipinski definition) is 2. The number of ether oxygens (including phenoxy) is 1. The lowest BCUT2D eigenvalue weighted by molar-refractivity contribution is -0.00815. The van der Waals surface area contributed by atoms with E-state index < -0.39 is 0 Å². The molecular weight excluding hydrogens is 228 g/mol. The molecule has 100 valence electrons. The van der Waals surface area contributed by atoms with Gasteiger partial charge in [-0.3, -0.25) is 4.79 Å². The molecular formula is C14H22N2O2. The Balaban J connectivity index is 2.63. The third kappa shape index (κ3) is 4.04. The average Bonchev–Trinajstić information content (AvgIpc) is 2.30. The summed E-state index contributed by atoms with van der Waals surface area (Å²) >= 11 is 0. The molecule has 0 aliphatic carbocycles. The van der Waals surface area contributed by atoms with Gasteiger partial charge in [-0.25, -0.2) is 0 Å². The second kappa shape index (κ2) is 5.87. The Hall–Kier alpha value is -1.55. The van der Waals surface area contributed by atoms with Crippen LogP contribution in [-0.2, 0) is 4.74 Å². The van der Waals surface area contributed by atoms with Gasteiger partial charge >= 0.3 is 0 Å². The molecule has 4 nitrogen and oxygen atoms in total. The lowest BCUT2D eigenvalue weighted by atomic mass is 10.1. The van der Waals surface area contributed by atoms with Gasteiger partial charge < -0.3 is 15.8 Å². The van der Waals surface area contributed by atoms with Crippen LogP contribution in [0.5, 0.6) is 0 Å². The second-order valence-electron chi connectivity index (χ2n) is 4.95. The van der Waals surface area contributed by atoms with E-state index in [2.05, 4.69) is 5.32 Å². The van der Waals surface area contributed by atoms with Gasteiger partial charge in [-0.1, -0.05) is 0 Å². The first kappa shape index (κ1) is 14.5. The fraction of sp³-hybridized carbons (Fsp3) is 0.500. The average molecular weight is 250 g/mol. The van der Waals surface area contributed by atoms with Gasteiger partial charge in [-0.2, -0.15) is 0 Å². The molecule has 1 amide bonds. The van der Waals surface area contributed by atoms with Crippen molar-refractivity contribution in [1.82, 2.24) is 5.32 Å². The van der Waals surface area contributed by atoms with E-state index in [4.69, 9.17) is 10.5 Å². The number of carbonyl (C=O) groups is 1. The topological polar surface area (TPSA) is 64.3 Å². The van der Waals surface area contributed by atoms with Crippen LogP contribution in [-0.4, -0.2) is 24.7 Å². The minimum Gasteiger partial charge on any atom is -0.399 e. The van der Waals surface area contributed by atoms with Gasteiger partial charge in [0.05, 0.1) is 5.60 Å². The van der Waals surface area contributed by atoms with Crippen molar-refractivity contribution in [2.45, 2.75) is 33.3 Å². The zero-order chi connectivity index (χ0) is 13.8. The minimum absolute atomic E-state index is 0.106. The summed E-state index contributed by atoms with van der Waals surface area (Å²) in [6.45, 7) is 8.83. The number of nitrogens with two attached hydrogens (primary N) is 1. The number of nitrogens with one attached hydrogen (secondary N) is 1. The van der Waals surface area contributed by atoms with Crippen LogP contribution in [0, 0.1) is 6.92 Å². The first-order chi connectivity index (χ1) is 8.35. The molecule has 0 radical (unpaired) electrons. The van der Waals surface area contributed by atoms with E-state index in [1.807, 2.05) is 27.7 Å². The van der Waals surface area contributed by atoms with Crippen LogP contribution >= 0.6 is 0 Å². The summed E-state index contributed by atoms with van der Waals surface area (Å²) in [6.07, 6.45) is 0. The van der Waals surface area contributed by atoms with Gasteiger partial charge in [0.15, 0.2) is 0 Å². The molecule has 18 heavy (non-hydrogen) atoms. The molecule has 1 aromatic rings. The van der Waals surface area contributed by atoms with Crippen molar-refractivity contribution in [2.75, 3.05) is 18.9 Å². The summed E-state index contributed by atoms with van der Waals surface area (Å²) in [7, 11) is 0. The van der Waals surface area contributed by atoms with Gasteiger partial charge in [0.25, 0.3) is 5.91 Å². The maximum Gasteiger partial charge on any atom is 0.251 e. The van der Waals surface area contributed by atoms with Crippen molar-refractivity contribution in [3.8, 4) is 0 Å². The Morgan fingerprint density at radius 2 is 2.11 bits per heavy atom. The second-order valence-corrected chi connectivity index (χ2v) is 4.95. The standard InChI is InChI=1S/C14H22N2O2/c1-5-18-14(3,4)9-16-13(17)11-6-7-12(15)10(2)8-11/h6-8H,5,9,15H2,1-4H3,(H,16,17). The molecule has 0 saturated heterocycles. The maximum absolute atomic E-state index is 12.0. The number of rotatable bonds is 5. The molecule has 0 saturated carbocycles. The molecule has 1 rings (SSSR count). The van der Waals surface area contributed by atoms with Crippen LogP contribution < -0.4 is 11.1 Å². The molecule has 4 heteroatoms. The van der Waals surface area contributed by atoms with Crippen LogP contribution in [0.1, 0.15) is 36.7 Å². The van der Waals surface area contributed by atoms with Crippen molar-refractivity contribution < 1.29 is 9.53 Å². The first-order valence-corrected chi connectivity index (χ1v) is 6.14. The molecule has 0 spiro atoms. The lowest BCUT2D eigenvalue weighted by Gasteiger charge is -2.24. The van der Waals surface area contributed by atoms with E-state index in [0.29, 0.717) is 24.4 Å². The van der Waals surface area contributed by atoms with E-state index in [0.717, 1.165) is 5.56 Å². The third-order valence-electron chi connectivity index (χ3n) is 2.74. The van der Waals surface area contributed by atoms with Gasteiger partial charge in [-0.05, 0) is 51.5 Å². The zero-order valence-electron chi connectivity index (χ0n) is 11.5. The maximum atomic E-state index is 12.0. The number of anilines is 1. The first-order valence-electron chi connectivity index (χ1n) is 6.14. The number of benzene rings is 1. The Morgan fingerprint density at radius 3 is 2.67 bits per heavy atom. The number of amides is 1. The fourth-order valence-corrected chi connectivity index (χ4v) is 1.65. The summed E-state index contributed by atoms with van der Waals surface area (Å²) < 4.78 is 5.52. The highest BCUT2D eigenvalue weighted by molar-refractivity contribution is 5.94. The summed E-state index contributed by atoms with van der Waals surface area (Å²) in [4.78, 5) is 12.0. The highest BCUT2D eigenvalue weighted by Crippen LogP contribution is 2.13. The molecule has 0 unspecified atom stereocenters. The predicted octanol–water partition coefficient (Wildman–Crippen LogP) is 2.12. The van der Waals surface area contributed by atoms with Gasteiger partial charge in [-0.15, -0.1) is 0 Å². The van der Waals surface area contributed by atoms with E-state index >= 15 is 0 Å². The van der Waals surface area contributed by atoms with Crippen LogP contribution in [0.4, 0.5) is 5.69 Å². The Labute approximate surface area is 109 Å². The van der Waals surface area contributed by atoms with E-state index in [1.165, 1.54) is 0 Å². The molecule has 0 heterocycles. The van der Waals surface area contributed by atoms with Crippen molar-refractivity contribution in [1.29, 1.82) is 0 Å². The molecule has 0 aliphatic heterocycles. The normalized spacial score (nSPS) is 11.3. The highest BCUT2D eigenvalue weighted by Gasteiger charge is 2.19. The van der Waals surface area contributed by atoms with Crippen molar-refractivity contribution >= 4 is 11.6 Å². The Bertz CT molecular complexity index is 428. The van der Waals surface area contributed by atoms with Crippen molar-refractivity contribution in [3.05, 3.63) is 29.3 Å². The molecule has 0 aromatic heterocycles. The summed E-state index contributed by atoms with van der Waals surface area (Å²) in [6, 6.07) is 5.27. The third-order valence-corrected chi connectivity index (χ3v) is 2.74. The number of aryl methyl sites for hydroxylation is 1. The summed E-state index contributed by atoms with van der Waals surface area (Å²) in [5, 5.41) is 2.87. The molecule has 0 fully saturated rings. The van der Waals surface area contributed by atoms with Crippen molar-refractivity contribution in [3.63, 3.8) is 0 Å². The Kier molecular flexibility index (Phi) is 4.73. The summed E-state index contributed by atoms with van der Waals surface area (Å²) in [5.41, 5.74) is 7.59. The van der Waals surface area contributed by atoms with Gasteiger partial charge in [0.2, 0.25) is 0 Å². The fourth-order valence-electron chi connectivity index (χ4n) is 1.65. The van der Waals surface area contributed by atoms with Crippen LogP contribution in [0.2, 0.25) is 0 Å². The molecule has 0 aliphatic rings. The summed E-state index contributed by atoms with van der Waals surface area (Å²) in [5.74, 6) is -0.106. The number of carbonyl (C=O) groups excluding carboxylic acids is 1. The van der Waals surface area contributed by atoms with Crippen molar-refractivity contribution in [2.24, 2.45) is 0 Å². The van der Waals surface area contributed by atoms with Crippen LogP contribution in [0.15, 0.2) is 18.2 Å². The smallest absolute Gasteiger partial charge is 0.251 e. The van der Waals surface area contributed by atoms with Gasteiger partial charge in [0.1, 0.15) is 0 Å². The van der Waals surface area contributed by atoms with E-state index in [-0.39, 0.29) is 11.5 Å². The van der Waals surface area contributed by atoms with Gasteiger partial charge in [0, 0.05) is 24.4 Å². The molecule has 3 N–H and O–H groups in total.